The molecular weight excluding hydrogens is 202 g/mol. The zero-order chi connectivity index (χ0) is 11.2. The van der Waals surface area contributed by atoms with Crippen molar-refractivity contribution in [1.82, 2.24) is 4.90 Å². The Morgan fingerprint density at radius 3 is 2.69 bits per heavy atom. The molecule has 16 heavy (non-hydrogen) atoms. The molecule has 0 saturated heterocycles. The van der Waals surface area contributed by atoms with Gasteiger partial charge in [0.15, 0.2) is 0 Å². The highest BCUT2D eigenvalue weighted by atomic mass is 16.4. The number of amides is 1. The molecule has 0 aromatic heterocycles. The normalized spacial score (nSPS) is 21.4. The summed E-state index contributed by atoms with van der Waals surface area (Å²) in [5.41, 5.74) is 2.71. The van der Waals surface area contributed by atoms with Crippen molar-refractivity contribution in [3.05, 3.63) is 35.4 Å². The number of carbonyl (C=O) groups is 1. The van der Waals surface area contributed by atoms with Crippen molar-refractivity contribution in [1.29, 1.82) is 0 Å². The molecular formula is C13H15NO2. The molecule has 0 radical (unpaired) electrons. The first kappa shape index (κ1) is 9.70. The van der Waals surface area contributed by atoms with E-state index < -0.39 is 6.09 Å². The number of nitrogens with zero attached hydrogens (tertiary/aromatic N) is 1. The summed E-state index contributed by atoms with van der Waals surface area (Å²) in [5, 5.41) is 9.14. The van der Waals surface area contributed by atoms with E-state index in [1.54, 1.807) is 4.90 Å². The van der Waals surface area contributed by atoms with E-state index in [4.69, 9.17) is 5.11 Å². The lowest BCUT2D eigenvalue weighted by molar-refractivity contribution is 0.0940. The van der Waals surface area contributed by atoms with Gasteiger partial charge in [-0.05, 0) is 24.0 Å². The molecule has 1 aliphatic heterocycles. The third-order valence-electron chi connectivity index (χ3n) is 4.02. The van der Waals surface area contributed by atoms with E-state index >= 15 is 0 Å². The molecule has 1 fully saturated rings. The summed E-state index contributed by atoms with van der Waals surface area (Å²) in [6.45, 7) is 1.23. The second-order valence-corrected chi connectivity index (χ2v) is 4.93. The number of benzene rings is 1. The quantitative estimate of drug-likeness (QED) is 0.725. The van der Waals surface area contributed by atoms with Crippen LogP contribution in [0.3, 0.4) is 0 Å². The lowest BCUT2D eigenvalue weighted by Crippen LogP contribution is -2.51. The monoisotopic (exact) mass is 217 g/mol. The van der Waals surface area contributed by atoms with Crippen LogP contribution < -0.4 is 0 Å². The van der Waals surface area contributed by atoms with Crippen LogP contribution in [0.5, 0.6) is 0 Å². The SMILES string of the molecule is O=C(O)N1Cc2ccccc2C2(CCC2)C1. The van der Waals surface area contributed by atoms with Crippen LogP contribution in [-0.2, 0) is 12.0 Å². The molecule has 3 heteroatoms. The van der Waals surface area contributed by atoms with Gasteiger partial charge >= 0.3 is 6.09 Å². The van der Waals surface area contributed by atoms with Crippen LogP contribution in [0.1, 0.15) is 30.4 Å². The molecule has 1 heterocycles. The first-order valence-corrected chi connectivity index (χ1v) is 5.78. The van der Waals surface area contributed by atoms with Crippen molar-refractivity contribution < 1.29 is 9.90 Å². The van der Waals surface area contributed by atoms with Crippen molar-refractivity contribution in [3.8, 4) is 0 Å². The maximum Gasteiger partial charge on any atom is 0.407 e. The molecule has 3 nitrogen and oxygen atoms in total. The molecule has 1 aromatic carbocycles. The summed E-state index contributed by atoms with van der Waals surface area (Å²) in [5.74, 6) is 0. The Bertz CT molecular complexity index is 437. The van der Waals surface area contributed by atoms with Crippen molar-refractivity contribution >= 4 is 6.09 Å². The summed E-state index contributed by atoms with van der Waals surface area (Å²) in [4.78, 5) is 12.7. The van der Waals surface area contributed by atoms with E-state index in [-0.39, 0.29) is 5.41 Å². The average Bonchev–Trinajstić information content (AvgIpc) is 2.25. The minimum atomic E-state index is -0.791. The Kier molecular flexibility index (Phi) is 1.96. The van der Waals surface area contributed by atoms with E-state index in [0.29, 0.717) is 13.1 Å². The van der Waals surface area contributed by atoms with Gasteiger partial charge in [0.05, 0.1) is 0 Å². The molecule has 0 bridgehead atoms. The molecule has 3 rings (SSSR count). The Morgan fingerprint density at radius 1 is 1.31 bits per heavy atom. The van der Waals surface area contributed by atoms with Crippen LogP contribution in [0, 0.1) is 0 Å². The van der Waals surface area contributed by atoms with Crippen LogP contribution in [0.25, 0.3) is 0 Å². The Morgan fingerprint density at radius 2 is 2.06 bits per heavy atom. The van der Waals surface area contributed by atoms with Gasteiger partial charge in [-0.15, -0.1) is 0 Å². The van der Waals surface area contributed by atoms with Crippen LogP contribution >= 0.6 is 0 Å². The summed E-state index contributed by atoms with van der Waals surface area (Å²) >= 11 is 0. The number of carboxylic acid groups (broad SMARTS) is 1. The Labute approximate surface area is 94.7 Å². The van der Waals surface area contributed by atoms with E-state index in [1.165, 1.54) is 17.5 Å². The predicted octanol–water partition coefficient (Wildman–Crippen LogP) is 2.60. The molecule has 2 aliphatic rings. The second kappa shape index (κ2) is 3.24. The Hall–Kier alpha value is -1.51. The fraction of sp³-hybridized carbons (Fsp3) is 0.462. The molecule has 1 amide bonds. The van der Waals surface area contributed by atoms with E-state index in [9.17, 15) is 4.79 Å². The van der Waals surface area contributed by atoms with Crippen molar-refractivity contribution in [2.24, 2.45) is 0 Å². The first-order chi connectivity index (χ1) is 7.71. The number of rotatable bonds is 0. The molecule has 1 aliphatic carbocycles. The van der Waals surface area contributed by atoms with Crippen LogP contribution in [-0.4, -0.2) is 22.6 Å². The lowest BCUT2D eigenvalue weighted by atomic mass is 9.61. The van der Waals surface area contributed by atoms with Gasteiger partial charge in [0.1, 0.15) is 0 Å². The van der Waals surface area contributed by atoms with Gasteiger partial charge in [0.25, 0.3) is 0 Å². The summed E-state index contributed by atoms with van der Waals surface area (Å²) in [6, 6.07) is 8.30. The van der Waals surface area contributed by atoms with Gasteiger partial charge in [0, 0.05) is 18.5 Å². The van der Waals surface area contributed by atoms with Gasteiger partial charge in [-0.1, -0.05) is 30.7 Å². The third kappa shape index (κ3) is 1.24. The summed E-state index contributed by atoms with van der Waals surface area (Å²) in [7, 11) is 0. The van der Waals surface area contributed by atoms with Crippen molar-refractivity contribution in [2.75, 3.05) is 6.54 Å². The molecule has 1 saturated carbocycles. The van der Waals surface area contributed by atoms with Crippen molar-refractivity contribution in [2.45, 2.75) is 31.2 Å². The highest BCUT2D eigenvalue weighted by molar-refractivity contribution is 5.66. The van der Waals surface area contributed by atoms with Gasteiger partial charge in [-0.2, -0.15) is 0 Å². The minimum absolute atomic E-state index is 0.132. The summed E-state index contributed by atoms with van der Waals surface area (Å²) < 4.78 is 0. The minimum Gasteiger partial charge on any atom is -0.465 e. The topological polar surface area (TPSA) is 40.5 Å². The number of hydrogen-bond acceptors (Lipinski definition) is 1. The number of hydrogen-bond donors (Lipinski definition) is 1. The smallest absolute Gasteiger partial charge is 0.407 e. The highest BCUT2D eigenvalue weighted by Gasteiger charge is 2.45. The van der Waals surface area contributed by atoms with E-state index in [2.05, 4.69) is 18.2 Å². The largest absolute Gasteiger partial charge is 0.465 e. The standard InChI is InChI=1S/C13H15NO2/c15-12(16)14-8-10-4-1-2-5-11(10)13(9-14)6-3-7-13/h1-2,4-5H,3,6-9H2,(H,15,16). The zero-order valence-electron chi connectivity index (χ0n) is 9.15. The van der Waals surface area contributed by atoms with E-state index in [0.717, 1.165) is 12.8 Å². The zero-order valence-corrected chi connectivity index (χ0v) is 9.15. The molecule has 0 atom stereocenters. The third-order valence-corrected chi connectivity index (χ3v) is 4.02. The number of fused-ring (bicyclic) bond motifs is 2. The molecule has 0 unspecified atom stereocenters. The van der Waals surface area contributed by atoms with Crippen LogP contribution in [0.2, 0.25) is 0 Å². The maximum atomic E-state index is 11.1. The average molecular weight is 217 g/mol. The molecule has 1 N–H and O–H groups in total. The van der Waals surface area contributed by atoms with Crippen LogP contribution in [0.15, 0.2) is 24.3 Å². The molecule has 84 valence electrons. The van der Waals surface area contributed by atoms with Gasteiger partial charge in [-0.25, -0.2) is 4.79 Å². The van der Waals surface area contributed by atoms with Crippen molar-refractivity contribution in [3.63, 3.8) is 0 Å². The predicted molar refractivity (Wildman–Crippen MR) is 60.4 cm³/mol. The fourth-order valence-electron chi connectivity index (χ4n) is 3.05. The Balaban J connectivity index is 2.04. The first-order valence-electron chi connectivity index (χ1n) is 5.78. The van der Waals surface area contributed by atoms with Gasteiger partial charge < -0.3 is 10.0 Å². The van der Waals surface area contributed by atoms with Gasteiger partial charge in [-0.3, -0.25) is 0 Å². The van der Waals surface area contributed by atoms with Crippen LogP contribution in [0.4, 0.5) is 4.79 Å². The highest BCUT2D eigenvalue weighted by Crippen LogP contribution is 2.48. The van der Waals surface area contributed by atoms with E-state index in [1.807, 2.05) is 6.07 Å². The van der Waals surface area contributed by atoms with Gasteiger partial charge in [0.2, 0.25) is 0 Å². The lowest BCUT2D eigenvalue weighted by Gasteiger charge is -2.49. The second-order valence-electron chi connectivity index (χ2n) is 4.93. The molecule has 1 spiro atoms. The molecule has 1 aromatic rings. The summed E-state index contributed by atoms with van der Waals surface area (Å²) in [6.07, 6.45) is 2.70. The maximum absolute atomic E-state index is 11.1. The fourth-order valence-corrected chi connectivity index (χ4v) is 3.05.